The Hall–Kier alpha value is -1.59. The van der Waals surface area contributed by atoms with Crippen LogP contribution in [0.4, 0.5) is 5.95 Å². The number of anilines is 1. The van der Waals surface area contributed by atoms with Crippen molar-refractivity contribution in [1.82, 2.24) is 14.5 Å². The summed E-state index contributed by atoms with van der Waals surface area (Å²) >= 11 is 0. The highest BCUT2D eigenvalue weighted by atomic mass is 16.5. The number of nitrogens with one attached hydrogen (secondary N) is 1. The number of nitrogens with zero attached hydrogens (tertiary/aromatic N) is 3. The van der Waals surface area contributed by atoms with Gasteiger partial charge in [0.25, 0.3) is 0 Å². The second-order valence-electron chi connectivity index (χ2n) is 4.22. The summed E-state index contributed by atoms with van der Waals surface area (Å²) in [6.45, 7) is 3.37. The van der Waals surface area contributed by atoms with Gasteiger partial charge >= 0.3 is 0 Å². The Kier molecular flexibility index (Phi) is 2.70. The monoisotopic (exact) mass is 232 g/mol. The summed E-state index contributed by atoms with van der Waals surface area (Å²) in [5, 5.41) is 3.33. The van der Waals surface area contributed by atoms with Gasteiger partial charge in [-0.15, -0.1) is 0 Å². The van der Waals surface area contributed by atoms with Crippen LogP contribution in [0, 0.1) is 0 Å². The predicted molar refractivity (Wildman–Crippen MR) is 66.8 cm³/mol. The molecule has 0 radical (unpaired) electrons. The fraction of sp³-hybridized carbons (Fsp3) is 0.417. The van der Waals surface area contributed by atoms with Crippen LogP contribution in [0.15, 0.2) is 24.3 Å². The lowest BCUT2D eigenvalue weighted by Crippen LogP contribution is -2.38. The van der Waals surface area contributed by atoms with Crippen molar-refractivity contribution in [2.45, 2.75) is 6.67 Å². The van der Waals surface area contributed by atoms with Crippen molar-refractivity contribution in [2.24, 2.45) is 0 Å². The molecule has 0 aliphatic carbocycles. The second kappa shape index (κ2) is 4.35. The molecule has 0 fully saturated rings. The van der Waals surface area contributed by atoms with Gasteiger partial charge in [0.15, 0.2) is 0 Å². The highest BCUT2D eigenvalue weighted by molar-refractivity contribution is 5.78. The molecule has 17 heavy (non-hydrogen) atoms. The summed E-state index contributed by atoms with van der Waals surface area (Å²) in [4.78, 5) is 6.86. The van der Waals surface area contributed by atoms with Crippen LogP contribution >= 0.6 is 0 Å². The molecule has 3 rings (SSSR count). The molecule has 0 saturated carbocycles. The third-order valence-electron chi connectivity index (χ3n) is 3.07. The maximum Gasteiger partial charge on any atom is 0.206 e. The van der Waals surface area contributed by atoms with E-state index < -0.39 is 0 Å². The van der Waals surface area contributed by atoms with E-state index in [1.54, 1.807) is 7.11 Å². The topological polar surface area (TPSA) is 42.3 Å². The number of imidazole rings is 1. The normalized spacial score (nSPS) is 15.8. The van der Waals surface area contributed by atoms with E-state index in [0.717, 1.165) is 38.0 Å². The summed E-state index contributed by atoms with van der Waals surface area (Å²) in [6, 6.07) is 8.21. The van der Waals surface area contributed by atoms with Crippen LogP contribution in [0.1, 0.15) is 0 Å². The van der Waals surface area contributed by atoms with Gasteiger partial charge in [0.1, 0.15) is 0 Å². The van der Waals surface area contributed by atoms with Gasteiger partial charge in [-0.1, -0.05) is 12.1 Å². The Morgan fingerprint density at radius 2 is 2.29 bits per heavy atom. The van der Waals surface area contributed by atoms with Crippen molar-refractivity contribution in [3.8, 4) is 0 Å². The van der Waals surface area contributed by atoms with E-state index in [-0.39, 0.29) is 0 Å². The quantitative estimate of drug-likeness (QED) is 0.866. The summed E-state index contributed by atoms with van der Waals surface area (Å²) in [5.41, 5.74) is 2.22. The van der Waals surface area contributed by atoms with Crippen LogP contribution < -0.4 is 5.32 Å². The van der Waals surface area contributed by atoms with E-state index in [1.165, 1.54) is 5.52 Å². The van der Waals surface area contributed by atoms with Gasteiger partial charge in [0.2, 0.25) is 5.95 Å². The van der Waals surface area contributed by atoms with Crippen molar-refractivity contribution in [3.63, 3.8) is 0 Å². The van der Waals surface area contributed by atoms with Crippen molar-refractivity contribution >= 4 is 17.0 Å². The van der Waals surface area contributed by atoms with Crippen LogP contribution in [0.3, 0.4) is 0 Å². The SMILES string of the molecule is COCCN1CNc2nc3ccccc3n2C1. The Morgan fingerprint density at radius 1 is 1.41 bits per heavy atom. The molecule has 2 heterocycles. The number of fused-ring (bicyclic) bond motifs is 3. The first-order chi connectivity index (χ1) is 8.38. The van der Waals surface area contributed by atoms with Crippen LogP contribution in [-0.2, 0) is 11.4 Å². The van der Waals surface area contributed by atoms with Crippen LogP contribution in [0.5, 0.6) is 0 Å². The smallest absolute Gasteiger partial charge is 0.206 e. The molecule has 0 atom stereocenters. The lowest BCUT2D eigenvalue weighted by Gasteiger charge is -2.28. The lowest BCUT2D eigenvalue weighted by molar-refractivity contribution is 0.130. The van der Waals surface area contributed by atoms with Gasteiger partial charge in [-0.3, -0.25) is 9.47 Å². The summed E-state index contributed by atoms with van der Waals surface area (Å²) in [5.74, 6) is 0.958. The van der Waals surface area contributed by atoms with Crippen LogP contribution in [0.2, 0.25) is 0 Å². The molecule has 1 aliphatic rings. The fourth-order valence-electron chi connectivity index (χ4n) is 2.16. The zero-order valence-electron chi connectivity index (χ0n) is 9.89. The molecule has 0 spiro atoms. The highest BCUT2D eigenvalue weighted by Gasteiger charge is 2.18. The molecule has 5 heteroatoms. The number of para-hydroxylation sites is 2. The number of methoxy groups -OCH3 is 1. The Bertz CT molecular complexity index is 522. The fourth-order valence-corrected chi connectivity index (χ4v) is 2.16. The maximum atomic E-state index is 5.11. The summed E-state index contributed by atoms with van der Waals surface area (Å²) in [6.07, 6.45) is 0. The van der Waals surface area contributed by atoms with Gasteiger partial charge in [0, 0.05) is 13.7 Å². The average Bonchev–Trinajstić information content (AvgIpc) is 2.74. The third-order valence-corrected chi connectivity index (χ3v) is 3.07. The number of hydrogen-bond acceptors (Lipinski definition) is 4. The third kappa shape index (κ3) is 1.87. The molecule has 0 saturated heterocycles. The summed E-state index contributed by atoms with van der Waals surface area (Å²) < 4.78 is 7.31. The minimum Gasteiger partial charge on any atom is -0.383 e. The first kappa shape index (κ1) is 10.6. The molecule has 0 amide bonds. The molecule has 5 nitrogen and oxygen atoms in total. The van der Waals surface area contributed by atoms with E-state index in [9.17, 15) is 0 Å². The minimum absolute atomic E-state index is 0.754. The Morgan fingerprint density at radius 3 is 3.18 bits per heavy atom. The molecule has 1 N–H and O–H groups in total. The van der Waals surface area contributed by atoms with Gasteiger partial charge in [0.05, 0.1) is 31.0 Å². The number of hydrogen-bond donors (Lipinski definition) is 1. The number of rotatable bonds is 3. The van der Waals surface area contributed by atoms with Crippen molar-refractivity contribution in [2.75, 3.05) is 32.2 Å². The molecule has 0 bridgehead atoms. The Labute approximate surface area is 100.0 Å². The first-order valence-corrected chi connectivity index (χ1v) is 5.79. The number of ether oxygens (including phenoxy) is 1. The molecule has 1 aromatic carbocycles. The first-order valence-electron chi connectivity index (χ1n) is 5.79. The number of aromatic nitrogens is 2. The van der Waals surface area contributed by atoms with Crippen molar-refractivity contribution in [3.05, 3.63) is 24.3 Å². The molecule has 1 aliphatic heterocycles. The largest absolute Gasteiger partial charge is 0.383 e. The van der Waals surface area contributed by atoms with Gasteiger partial charge in [-0.25, -0.2) is 4.98 Å². The molecule has 90 valence electrons. The predicted octanol–water partition coefficient (Wildman–Crippen LogP) is 1.33. The van der Waals surface area contributed by atoms with E-state index in [2.05, 4.69) is 25.8 Å². The van der Waals surface area contributed by atoms with E-state index in [1.807, 2.05) is 18.2 Å². The van der Waals surface area contributed by atoms with Crippen molar-refractivity contribution < 1.29 is 4.74 Å². The molecular formula is C12H16N4O. The maximum absolute atomic E-state index is 5.11. The van der Waals surface area contributed by atoms with Gasteiger partial charge < -0.3 is 10.1 Å². The van der Waals surface area contributed by atoms with Gasteiger partial charge in [-0.05, 0) is 12.1 Å². The average molecular weight is 232 g/mol. The summed E-state index contributed by atoms with van der Waals surface area (Å²) in [7, 11) is 1.73. The number of benzene rings is 1. The van der Waals surface area contributed by atoms with Crippen LogP contribution in [0.25, 0.3) is 11.0 Å². The zero-order chi connectivity index (χ0) is 11.7. The minimum atomic E-state index is 0.754. The molecule has 0 unspecified atom stereocenters. The zero-order valence-corrected chi connectivity index (χ0v) is 9.89. The lowest BCUT2D eigenvalue weighted by atomic mass is 10.3. The molecule has 1 aromatic heterocycles. The molecule has 2 aromatic rings. The standard InChI is InChI=1S/C12H16N4O/c1-17-7-6-15-8-13-12-14-10-4-2-3-5-11(10)16(12)9-15/h2-5H,6-9H2,1H3,(H,13,14). The van der Waals surface area contributed by atoms with Gasteiger partial charge in [-0.2, -0.15) is 0 Å². The second-order valence-corrected chi connectivity index (χ2v) is 4.22. The van der Waals surface area contributed by atoms with Crippen LogP contribution in [-0.4, -0.2) is 41.4 Å². The molecular weight excluding hydrogens is 216 g/mol. The highest BCUT2D eigenvalue weighted by Crippen LogP contribution is 2.22. The Balaban J connectivity index is 1.89. The van der Waals surface area contributed by atoms with E-state index >= 15 is 0 Å². The van der Waals surface area contributed by atoms with Crippen molar-refractivity contribution in [1.29, 1.82) is 0 Å². The van der Waals surface area contributed by atoms with E-state index in [4.69, 9.17) is 4.74 Å². The van der Waals surface area contributed by atoms with E-state index in [0.29, 0.717) is 0 Å².